The molecule has 0 fully saturated rings. The number of carbonyl (C=O) groups excluding carboxylic acids is 2. The molecule has 1 N–H and O–H groups in total. The number of thioether (sulfide) groups is 1. The zero-order chi connectivity index (χ0) is 24.5. The van der Waals surface area contributed by atoms with Crippen LogP contribution in [0.4, 0.5) is 0 Å². The van der Waals surface area contributed by atoms with Gasteiger partial charge in [0.2, 0.25) is 11.8 Å². The Morgan fingerprint density at radius 1 is 0.941 bits per heavy atom. The van der Waals surface area contributed by atoms with Crippen LogP contribution in [0.25, 0.3) is 0 Å². The Bertz CT molecular complexity index is 1120. The second-order valence-corrected chi connectivity index (χ2v) is 9.81. The lowest BCUT2D eigenvalue weighted by molar-refractivity contribution is -0.139. The number of carbonyl (C=O) groups is 2. The molecule has 0 aliphatic heterocycles. The van der Waals surface area contributed by atoms with Crippen molar-refractivity contribution in [3.8, 4) is 0 Å². The molecule has 0 aromatic heterocycles. The third-order valence-electron chi connectivity index (χ3n) is 5.60. The van der Waals surface area contributed by atoms with E-state index in [1.165, 1.54) is 11.1 Å². The molecule has 178 valence electrons. The third-order valence-corrected chi connectivity index (χ3v) is 7.30. The second-order valence-electron chi connectivity index (χ2n) is 8.01. The molecule has 3 rings (SSSR count). The predicted molar refractivity (Wildman–Crippen MR) is 142 cm³/mol. The van der Waals surface area contributed by atoms with Crippen molar-refractivity contribution in [1.29, 1.82) is 0 Å². The molecular formula is C27H28Cl2N2O2S. The first-order chi connectivity index (χ1) is 16.4. The van der Waals surface area contributed by atoms with Gasteiger partial charge in [0, 0.05) is 25.8 Å². The molecule has 0 saturated heterocycles. The van der Waals surface area contributed by atoms with Gasteiger partial charge < -0.3 is 10.2 Å². The van der Waals surface area contributed by atoms with Crippen molar-refractivity contribution in [3.05, 3.63) is 105 Å². The van der Waals surface area contributed by atoms with Crippen LogP contribution in [0.2, 0.25) is 10.0 Å². The normalized spacial score (nSPS) is 11.6. The maximum absolute atomic E-state index is 13.5. The van der Waals surface area contributed by atoms with Crippen molar-refractivity contribution >= 4 is 46.8 Å². The summed E-state index contributed by atoms with van der Waals surface area (Å²) in [5.74, 6) is 0.677. The number of hydrogen-bond donors (Lipinski definition) is 1. The molecule has 7 heteroatoms. The van der Waals surface area contributed by atoms with Crippen LogP contribution in [0.15, 0.2) is 72.8 Å². The van der Waals surface area contributed by atoms with Gasteiger partial charge in [0.25, 0.3) is 0 Å². The van der Waals surface area contributed by atoms with Gasteiger partial charge in [-0.15, -0.1) is 11.8 Å². The summed E-state index contributed by atoms with van der Waals surface area (Å²) in [6, 6.07) is 22.5. The third kappa shape index (κ3) is 7.26. The Morgan fingerprint density at radius 3 is 2.32 bits per heavy atom. The van der Waals surface area contributed by atoms with Crippen molar-refractivity contribution < 1.29 is 9.59 Å². The fraction of sp³-hybridized carbons (Fsp3) is 0.259. The monoisotopic (exact) mass is 514 g/mol. The van der Waals surface area contributed by atoms with Crippen LogP contribution < -0.4 is 5.32 Å². The number of nitrogens with zero attached hydrogens (tertiary/aromatic N) is 1. The lowest BCUT2D eigenvalue weighted by atomic mass is 10.0. The molecule has 2 amide bonds. The first-order valence-corrected chi connectivity index (χ1v) is 12.9. The fourth-order valence-corrected chi connectivity index (χ4v) is 4.97. The lowest BCUT2D eigenvalue weighted by Crippen LogP contribution is -2.50. The molecule has 0 spiro atoms. The van der Waals surface area contributed by atoms with Crippen LogP contribution in [-0.4, -0.2) is 35.6 Å². The minimum atomic E-state index is -0.659. The smallest absolute Gasteiger partial charge is 0.242 e. The van der Waals surface area contributed by atoms with Crippen LogP contribution >= 0.6 is 35.0 Å². The summed E-state index contributed by atoms with van der Waals surface area (Å²) in [5, 5.41) is 3.59. The van der Waals surface area contributed by atoms with Crippen molar-refractivity contribution in [1.82, 2.24) is 10.2 Å². The molecule has 0 heterocycles. The van der Waals surface area contributed by atoms with Crippen molar-refractivity contribution in [2.75, 3.05) is 12.8 Å². The highest BCUT2D eigenvalue weighted by molar-refractivity contribution is 7.99. The van der Waals surface area contributed by atoms with Gasteiger partial charge in [0.15, 0.2) is 0 Å². The summed E-state index contributed by atoms with van der Waals surface area (Å²) in [6.45, 7) is 2.32. The number of nitrogens with one attached hydrogen (secondary N) is 1. The van der Waals surface area contributed by atoms with Gasteiger partial charge in [-0.3, -0.25) is 9.59 Å². The number of amides is 2. The summed E-state index contributed by atoms with van der Waals surface area (Å²) in [6.07, 6.45) is 0.413. The Balaban J connectivity index is 1.84. The maximum atomic E-state index is 13.5. The zero-order valence-corrected chi connectivity index (χ0v) is 21.6. The van der Waals surface area contributed by atoms with E-state index in [2.05, 4.69) is 24.4 Å². The van der Waals surface area contributed by atoms with Crippen molar-refractivity contribution in [3.63, 3.8) is 0 Å². The van der Waals surface area contributed by atoms with Gasteiger partial charge in [-0.1, -0.05) is 83.9 Å². The average Bonchev–Trinajstić information content (AvgIpc) is 2.84. The van der Waals surface area contributed by atoms with E-state index in [1.807, 2.05) is 48.5 Å². The summed E-state index contributed by atoms with van der Waals surface area (Å²) in [5.41, 5.74) is 4.19. The van der Waals surface area contributed by atoms with Crippen LogP contribution in [0.5, 0.6) is 0 Å². The highest BCUT2D eigenvalue weighted by Gasteiger charge is 2.29. The highest BCUT2D eigenvalue weighted by atomic mass is 35.5. The minimum Gasteiger partial charge on any atom is -0.357 e. The topological polar surface area (TPSA) is 49.4 Å². The van der Waals surface area contributed by atoms with Gasteiger partial charge in [0.1, 0.15) is 6.04 Å². The van der Waals surface area contributed by atoms with E-state index in [4.69, 9.17) is 23.2 Å². The Kier molecular flexibility index (Phi) is 9.87. The number of aryl methyl sites for hydroxylation is 1. The summed E-state index contributed by atoms with van der Waals surface area (Å²) in [7, 11) is 1.59. The molecule has 0 bridgehead atoms. The lowest BCUT2D eigenvalue weighted by Gasteiger charge is -2.31. The molecular weight excluding hydrogens is 487 g/mol. The molecule has 0 saturated carbocycles. The van der Waals surface area contributed by atoms with Crippen molar-refractivity contribution in [2.45, 2.75) is 31.7 Å². The standard InChI is InChI=1S/C27H28Cl2N2O2S/c1-19-8-6-7-11-22(19)17-34-18-26(32)31(16-21-12-13-23(28)24(29)14-21)25(27(33)30-2)15-20-9-4-3-5-10-20/h3-14,25H,15-18H2,1-2H3,(H,30,33)/t25-/m1/s1. The van der Waals surface area contributed by atoms with E-state index < -0.39 is 6.04 Å². The molecule has 3 aromatic carbocycles. The number of hydrogen-bond acceptors (Lipinski definition) is 3. The van der Waals surface area contributed by atoms with Gasteiger partial charge in [-0.05, 0) is 41.3 Å². The molecule has 3 aromatic rings. The van der Waals surface area contributed by atoms with Crippen LogP contribution in [0, 0.1) is 6.92 Å². The van der Waals surface area contributed by atoms with E-state index in [1.54, 1.807) is 35.8 Å². The molecule has 1 atom stereocenters. The SMILES string of the molecule is CNC(=O)[C@@H](Cc1ccccc1)N(Cc1ccc(Cl)c(Cl)c1)C(=O)CSCc1ccccc1C. The molecule has 0 radical (unpaired) electrons. The van der Waals surface area contributed by atoms with E-state index in [-0.39, 0.29) is 24.1 Å². The average molecular weight is 516 g/mol. The van der Waals surface area contributed by atoms with E-state index in [0.29, 0.717) is 16.5 Å². The number of likely N-dealkylation sites (N-methyl/N-ethyl adjacent to an activating group) is 1. The minimum absolute atomic E-state index is 0.103. The summed E-state index contributed by atoms with van der Waals surface area (Å²) in [4.78, 5) is 28.1. The second kappa shape index (κ2) is 12.8. The first-order valence-electron chi connectivity index (χ1n) is 11.0. The summed E-state index contributed by atoms with van der Waals surface area (Å²) >= 11 is 13.9. The molecule has 34 heavy (non-hydrogen) atoms. The van der Waals surface area contributed by atoms with E-state index in [0.717, 1.165) is 16.9 Å². The quantitative estimate of drug-likeness (QED) is 0.365. The van der Waals surface area contributed by atoms with E-state index in [9.17, 15) is 9.59 Å². The molecule has 0 aliphatic carbocycles. The Morgan fingerprint density at radius 2 is 1.65 bits per heavy atom. The Hall–Kier alpha value is -2.47. The van der Waals surface area contributed by atoms with Crippen LogP contribution in [-0.2, 0) is 28.3 Å². The van der Waals surface area contributed by atoms with Gasteiger partial charge in [-0.25, -0.2) is 0 Å². The van der Waals surface area contributed by atoms with Gasteiger partial charge in [-0.2, -0.15) is 0 Å². The van der Waals surface area contributed by atoms with E-state index >= 15 is 0 Å². The van der Waals surface area contributed by atoms with Gasteiger partial charge >= 0.3 is 0 Å². The predicted octanol–water partition coefficient (Wildman–Crippen LogP) is 5.92. The fourth-order valence-electron chi connectivity index (χ4n) is 3.66. The largest absolute Gasteiger partial charge is 0.357 e. The maximum Gasteiger partial charge on any atom is 0.242 e. The van der Waals surface area contributed by atoms with Crippen molar-refractivity contribution in [2.24, 2.45) is 0 Å². The van der Waals surface area contributed by atoms with Crippen LogP contribution in [0.1, 0.15) is 22.3 Å². The molecule has 0 unspecified atom stereocenters. The number of rotatable bonds is 10. The van der Waals surface area contributed by atoms with Crippen LogP contribution in [0.3, 0.4) is 0 Å². The number of benzene rings is 3. The Labute approximate surface area is 215 Å². The zero-order valence-electron chi connectivity index (χ0n) is 19.3. The highest BCUT2D eigenvalue weighted by Crippen LogP contribution is 2.25. The van der Waals surface area contributed by atoms with Gasteiger partial charge in [0.05, 0.1) is 15.8 Å². The first kappa shape index (κ1) is 26.1. The molecule has 0 aliphatic rings. The number of halogens is 2. The molecule has 4 nitrogen and oxygen atoms in total. The summed E-state index contributed by atoms with van der Waals surface area (Å²) < 4.78 is 0.